The van der Waals surface area contributed by atoms with Crippen LogP contribution in [0.5, 0.6) is 11.5 Å². The van der Waals surface area contributed by atoms with Gasteiger partial charge in [-0.2, -0.15) is 8.78 Å². The number of carbonyl (C=O) groups excluding carboxylic acids is 1. The molecule has 0 atom stereocenters. The Bertz CT molecular complexity index is 1020. The number of carbonyl (C=O) groups is 1. The van der Waals surface area contributed by atoms with E-state index in [0.717, 1.165) is 5.69 Å². The summed E-state index contributed by atoms with van der Waals surface area (Å²) in [5.41, 5.74) is 2.12. The first kappa shape index (κ1) is 21.4. The van der Waals surface area contributed by atoms with E-state index in [1.165, 1.54) is 28.4 Å². The lowest BCUT2D eigenvalue weighted by Crippen LogP contribution is -2.23. The molecule has 0 bridgehead atoms. The maximum Gasteiger partial charge on any atom is 0.387 e. The second-order valence-corrected chi connectivity index (χ2v) is 6.97. The number of nitrogens with zero attached hydrogens (tertiary/aromatic N) is 2. The van der Waals surface area contributed by atoms with E-state index in [4.69, 9.17) is 4.74 Å². The molecule has 5 nitrogen and oxygen atoms in total. The number of halogens is 2. The topological polar surface area (TPSA) is 51.7 Å². The first-order valence-corrected chi connectivity index (χ1v) is 10.1. The van der Waals surface area contributed by atoms with Crippen LogP contribution in [0.15, 0.2) is 60.0 Å². The molecule has 3 rings (SSSR count). The van der Waals surface area contributed by atoms with E-state index in [-0.39, 0.29) is 24.0 Å². The number of anilines is 2. The molecule has 156 valence electrons. The third-order valence-electron chi connectivity index (χ3n) is 3.93. The van der Waals surface area contributed by atoms with Crippen LogP contribution < -0.4 is 14.4 Å². The number of para-hydroxylation sites is 1. The highest BCUT2D eigenvalue weighted by Gasteiger charge is 2.19. The molecule has 0 fully saturated rings. The SMILES string of the molecule is CCOc1cc(/C=C/C(=O)N(c2ccccc2)c2nc(C)cs2)ccc1OC(F)F. The first-order valence-electron chi connectivity index (χ1n) is 9.19. The highest BCUT2D eigenvalue weighted by atomic mass is 32.1. The molecule has 0 radical (unpaired) electrons. The fraction of sp³-hybridized carbons (Fsp3) is 0.182. The van der Waals surface area contributed by atoms with Gasteiger partial charge in [-0.25, -0.2) is 4.98 Å². The van der Waals surface area contributed by atoms with E-state index in [9.17, 15) is 13.6 Å². The minimum Gasteiger partial charge on any atom is -0.490 e. The number of rotatable bonds is 8. The molecule has 8 heteroatoms. The molecule has 0 saturated heterocycles. The monoisotopic (exact) mass is 430 g/mol. The molecule has 30 heavy (non-hydrogen) atoms. The van der Waals surface area contributed by atoms with Crippen molar-refractivity contribution in [3.8, 4) is 11.5 Å². The Labute approximate surface area is 177 Å². The third kappa shape index (κ3) is 5.42. The van der Waals surface area contributed by atoms with E-state index >= 15 is 0 Å². The summed E-state index contributed by atoms with van der Waals surface area (Å²) in [5.74, 6) is -0.163. The van der Waals surface area contributed by atoms with Crippen LogP contribution in [0.25, 0.3) is 6.08 Å². The van der Waals surface area contributed by atoms with Crippen molar-refractivity contribution in [3.05, 3.63) is 71.2 Å². The van der Waals surface area contributed by atoms with Crippen LogP contribution in [0, 0.1) is 6.92 Å². The van der Waals surface area contributed by atoms with E-state index in [2.05, 4.69) is 9.72 Å². The van der Waals surface area contributed by atoms with E-state index in [1.807, 2.05) is 42.6 Å². The molecule has 1 amide bonds. The molecular formula is C22H20F2N2O3S. The van der Waals surface area contributed by atoms with Crippen molar-refractivity contribution >= 4 is 34.1 Å². The highest BCUT2D eigenvalue weighted by Crippen LogP contribution is 2.31. The van der Waals surface area contributed by atoms with Gasteiger partial charge in [0.15, 0.2) is 16.6 Å². The minimum atomic E-state index is -2.95. The van der Waals surface area contributed by atoms with Crippen LogP contribution in [-0.4, -0.2) is 24.1 Å². The molecule has 3 aromatic rings. The summed E-state index contributed by atoms with van der Waals surface area (Å²) in [7, 11) is 0. The van der Waals surface area contributed by atoms with Crippen molar-refractivity contribution < 1.29 is 23.0 Å². The van der Waals surface area contributed by atoms with Crippen molar-refractivity contribution in [2.24, 2.45) is 0 Å². The Balaban J connectivity index is 1.87. The number of thiazole rings is 1. The van der Waals surface area contributed by atoms with Crippen LogP contribution in [0.1, 0.15) is 18.2 Å². The predicted molar refractivity (Wildman–Crippen MR) is 114 cm³/mol. The average Bonchev–Trinajstić information content (AvgIpc) is 3.14. The molecule has 0 aliphatic carbocycles. The molecule has 0 aliphatic rings. The number of hydrogen-bond donors (Lipinski definition) is 0. The summed E-state index contributed by atoms with van der Waals surface area (Å²) in [6, 6.07) is 13.7. The lowest BCUT2D eigenvalue weighted by atomic mass is 10.2. The lowest BCUT2D eigenvalue weighted by molar-refractivity contribution is -0.113. The van der Waals surface area contributed by atoms with Crippen molar-refractivity contribution in [2.45, 2.75) is 20.5 Å². The van der Waals surface area contributed by atoms with Gasteiger partial charge in [0.1, 0.15) is 0 Å². The summed E-state index contributed by atoms with van der Waals surface area (Å²) in [5, 5.41) is 2.43. The Morgan fingerprint density at radius 3 is 2.60 bits per heavy atom. The lowest BCUT2D eigenvalue weighted by Gasteiger charge is -2.18. The van der Waals surface area contributed by atoms with Gasteiger partial charge in [-0.05, 0) is 49.8 Å². The Morgan fingerprint density at radius 2 is 1.97 bits per heavy atom. The number of aromatic nitrogens is 1. The summed E-state index contributed by atoms with van der Waals surface area (Å²) in [6.45, 7) is 0.943. The standard InChI is InChI=1S/C22H20F2N2O3S/c1-3-28-19-13-16(9-11-18(19)29-21(23)24)10-12-20(27)26(17-7-5-4-6-8-17)22-25-15(2)14-30-22/h4-14,21H,3H2,1-2H3/b12-10+. The minimum absolute atomic E-state index is 0.0560. The number of alkyl halides is 2. The summed E-state index contributed by atoms with van der Waals surface area (Å²) in [6.07, 6.45) is 3.00. The van der Waals surface area contributed by atoms with Gasteiger partial charge in [0.05, 0.1) is 18.0 Å². The van der Waals surface area contributed by atoms with Crippen LogP contribution in [-0.2, 0) is 4.79 Å². The molecule has 0 N–H and O–H groups in total. The number of amides is 1. The average molecular weight is 430 g/mol. The highest BCUT2D eigenvalue weighted by molar-refractivity contribution is 7.14. The number of hydrogen-bond acceptors (Lipinski definition) is 5. The second kappa shape index (κ2) is 9.98. The maximum atomic E-state index is 13.0. The smallest absolute Gasteiger partial charge is 0.387 e. The fourth-order valence-corrected chi connectivity index (χ4v) is 3.51. The predicted octanol–water partition coefficient (Wildman–Crippen LogP) is 5.83. The third-order valence-corrected chi connectivity index (χ3v) is 4.88. The largest absolute Gasteiger partial charge is 0.490 e. The van der Waals surface area contributed by atoms with Gasteiger partial charge in [-0.1, -0.05) is 24.3 Å². The van der Waals surface area contributed by atoms with Crippen LogP contribution >= 0.6 is 11.3 Å². The van der Waals surface area contributed by atoms with Gasteiger partial charge < -0.3 is 9.47 Å². The number of aryl methyl sites for hydroxylation is 1. The van der Waals surface area contributed by atoms with Crippen molar-refractivity contribution in [1.29, 1.82) is 0 Å². The zero-order valence-corrected chi connectivity index (χ0v) is 17.2. The molecule has 2 aromatic carbocycles. The van der Waals surface area contributed by atoms with Gasteiger partial charge in [-0.15, -0.1) is 11.3 Å². The van der Waals surface area contributed by atoms with E-state index in [0.29, 0.717) is 16.4 Å². The number of benzene rings is 2. The quantitative estimate of drug-likeness (QED) is 0.422. The molecule has 0 unspecified atom stereocenters. The zero-order valence-electron chi connectivity index (χ0n) is 16.4. The fourth-order valence-electron chi connectivity index (χ4n) is 2.69. The molecule has 0 aliphatic heterocycles. The summed E-state index contributed by atoms with van der Waals surface area (Å²) in [4.78, 5) is 18.9. The van der Waals surface area contributed by atoms with Crippen LogP contribution in [0.2, 0.25) is 0 Å². The summed E-state index contributed by atoms with van der Waals surface area (Å²) < 4.78 is 35.0. The maximum absolute atomic E-state index is 13.0. The normalized spacial score (nSPS) is 11.1. The van der Waals surface area contributed by atoms with Crippen molar-refractivity contribution in [2.75, 3.05) is 11.5 Å². The molecule has 0 saturated carbocycles. The first-order chi connectivity index (χ1) is 14.5. The van der Waals surface area contributed by atoms with Gasteiger partial charge in [0.25, 0.3) is 5.91 Å². The Kier molecular flexibility index (Phi) is 7.13. The van der Waals surface area contributed by atoms with Crippen molar-refractivity contribution in [1.82, 2.24) is 4.98 Å². The van der Waals surface area contributed by atoms with E-state index in [1.54, 1.807) is 25.1 Å². The zero-order chi connectivity index (χ0) is 21.5. The Hall–Kier alpha value is -3.26. The van der Waals surface area contributed by atoms with Gasteiger partial charge in [-0.3, -0.25) is 9.69 Å². The van der Waals surface area contributed by atoms with Crippen LogP contribution in [0.3, 0.4) is 0 Å². The number of ether oxygens (including phenoxy) is 2. The molecular weight excluding hydrogens is 410 g/mol. The van der Waals surface area contributed by atoms with Crippen LogP contribution in [0.4, 0.5) is 19.6 Å². The second-order valence-electron chi connectivity index (χ2n) is 6.13. The molecule has 1 aromatic heterocycles. The van der Waals surface area contributed by atoms with Gasteiger partial charge >= 0.3 is 6.61 Å². The van der Waals surface area contributed by atoms with Gasteiger partial charge in [0, 0.05) is 11.5 Å². The summed E-state index contributed by atoms with van der Waals surface area (Å²) >= 11 is 1.37. The molecule has 0 spiro atoms. The van der Waals surface area contributed by atoms with Crippen molar-refractivity contribution in [3.63, 3.8) is 0 Å². The van der Waals surface area contributed by atoms with E-state index < -0.39 is 6.61 Å². The molecule has 1 heterocycles. The van der Waals surface area contributed by atoms with Gasteiger partial charge in [0.2, 0.25) is 0 Å². The Morgan fingerprint density at radius 1 is 1.20 bits per heavy atom.